The zero-order chi connectivity index (χ0) is 20.1. The van der Waals surface area contributed by atoms with E-state index in [1.807, 2.05) is 19.0 Å². The van der Waals surface area contributed by atoms with Crippen molar-refractivity contribution >= 4 is 17.1 Å². The van der Waals surface area contributed by atoms with Gasteiger partial charge in [0.25, 0.3) is 0 Å². The molecule has 0 unspecified atom stereocenters. The van der Waals surface area contributed by atoms with Gasteiger partial charge in [-0.3, -0.25) is 5.01 Å². The summed E-state index contributed by atoms with van der Waals surface area (Å²) in [6.45, 7) is 11.7. The molecule has 2 saturated heterocycles. The minimum atomic E-state index is -0.321. The molecular formula is C23H33N3O2. The number of nitrogens with zero attached hydrogens (tertiary/aromatic N) is 3. The van der Waals surface area contributed by atoms with Crippen LogP contribution in [0.2, 0.25) is 0 Å². The van der Waals surface area contributed by atoms with E-state index < -0.39 is 0 Å². The van der Waals surface area contributed by atoms with E-state index in [-0.39, 0.29) is 5.79 Å². The standard InChI is InChI=1S/C23H33N3O2/c1-6-7-22(18(2)3)19(4)24-25(5)20-8-10-21(11-9-20)26-14-12-23(13-15-26)27-16-17-28-23/h6-11H,12-17H2,1-5H3/b7-6-,24-19+. The number of hydrogen-bond donors (Lipinski definition) is 0. The molecule has 2 aliphatic heterocycles. The van der Waals surface area contributed by atoms with Crippen LogP contribution in [0.5, 0.6) is 0 Å². The van der Waals surface area contributed by atoms with Gasteiger partial charge in [0.1, 0.15) is 0 Å². The highest BCUT2D eigenvalue weighted by atomic mass is 16.7. The van der Waals surface area contributed by atoms with E-state index >= 15 is 0 Å². The number of allylic oxidation sites excluding steroid dienone is 4. The van der Waals surface area contributed by atoms with Gasteiger partial charge < -0.3 is 14.4 Å². The van der Waals surface area contributed by atoms with Crippen molar-refractivity contribution in [1.29, 1.82) is 0 Å². The van der Waals surface area contributed by atoms with Crippen molar-refractivity contribution in [3.63, 3.8) is 0 Å². The third kappa shape index (κ3) is 4.65. The molecule has 5 nitrogen and oxygen atoms in total. The summed E-state index contributed by atoms with van der Waals surface area (Å²) in [6, 6.07) is 8.63. The van der Waals surface area contributed by atoms with Crippen molar-refractivity contribution in [2.24, 2.45) is 5.10 Å². The van der Waals surface area contributed by atoms with E-state index in [0.29, 0.717) is 0 Å². The largest absolute Gasteiger partial charge is 0.371 e. The summed E-state index contributed by atoms with van der Waals surface area (Å²) in [5, 5.41) is 6.71. The molecule has 1 spiro atoms. The van der Waals surface area contributed by atoms with Crippen LogP contribution >= 0.6 is 0 Å². The Hall–Kier alpha value is -2.11. The molecule has 2 fully saturated rings. The SMILES string of the molecule is C/C=C\C(=C(C)C)/C(C)=N/N(C)c1ccc(N2CCC3(CC2)OCCO3)cc1. The van der Waals surface area contributed by atoms with Gasteiger partial charge >= 0.3 is 0 Å². The van der Waals surface area contributed by atoms with Gasteiger partial charge in [-0.25, -0.2) is 0 Å². The summed E-state index contributed by atoms with van der Waals surface area (Å²) in [6.07, 6.45) is 6.02. The van der Waals surface area contributed by atoms with Gasteiger partial charge in [0.15, 0.2) is 5.79 Å². The van der Waals surface area contributed by atoms with Crippen molar-refractivity contribution in [2.75, 3.05) is 43.3 Å². The Balaban J connectivity index is 1.65. The fourth-order valence-corrected chi connectivity index (χ4v) is 3.92. The maximum atomic E-state index is 5.83. The van der Waals surface area contributed by atoms with Crippen LogP contribution in [0.4, 0.5) is 11.4 Å². The first kappa shape index (κ1) is 20.6. The number of rotatable bonds is 5. The van der Waals surface area contributed by atoms with E-state index in [1.165, 1.54) is 16.8 Å². The third-order valence-corrected chi connectivity index (χ3v) is 5.49. The highest BCUT2D eigenvalue weighted by Gasteiger charge is 2.39. The Morgan fingerprint density at radius 3 is 2.21 bits per heavy atom. The van der Waals surface area contributed by atoms with Crippen molar-refractivity contribution in [3.8, 4) is 0 Å². The number of hydrazone groups is 1. The van der Waals surface area contributed by atoms with Gasteiger partial charge in [-0.15, -0.1) is 0 Å². The summed E-state index contributed by atoms with van der Waals surface area (Å²) in [5.74, 6) is -0.321. The second kappa shape index (κ2) is 8.93. The smallest absolute Gasteiger partial charge is 0.171 e. The zero-order valence-corrected chi connectivity index (χ0v) is 17.9. The first-order chi connectivity index (χ1) is 13.4. The molecular weight excluding hydrogens is 350 g/mol. The first-order valence-corrected chi connectivity index (χ1v) is 10.2. The Kier molecular flexibility index (Phi) is 6.57. The van der Waals surface area contributed by atoms with Gasteiger partial charge in [0, 0.05) is 38.7 Å². The van der Waals surface area contributed by atoms with E-state index in [2.05, 4.69) is 62.1 Å². The van der Waals surface area contributed by atoms with Crippen LogP contribution in [-0.4, -0.2) is 44.8 Å². The number of hydrogen-bond acceptors (Lipinski definition) is 5. The first-order valence-electron chi connectivity index (χ1n) is 10.2. The highest BCUT2D eigenvalue weighted by Crippen LogP contribution is 2.33. The van der Waals surface area contributed by atoms with Crippen molar-refractivity contribution in [2.45, 2.75) is 46.3 Å². The summed E-state index contributed by atoms with van der Waals surface area (Å²) in [4.78, 5) is 2.40. The second-order valence-electron chi connectivity index (χ2n) is 7.73. The molecule has 0 N–H and O–H groups in total. The minimum Gasteiger partial charge on any atom is -0.371 e. The monoisotopic (exact) mass is 383 g/mol. The van der Waals surface area contributed by atoms with Crippen LogP contribution in [0.1, 0.15) is 40.5 Å². The second-order valence-corrected chi connectivity index (χ2v) is 7.73. The average molecular weight is 384 g/mol. The molecule has 152 valence electrons. The quantitative estimate of drug-likeness (QED) is 0.418. The molecule has 2 heterocycles. The van der Waals surface area contributed by atoms with E-state index in [9.17, 15) is 0 Å². The molecule has 3 rings (SSSR count). The Labute approximate surface area is 169 Å². The third-order valence-electron chi connectivity index (χ3n) is 5.49. The normalized spacial score (nSPS) is 19.5. The van der Waals surface area contributed by atoms with Gasteiger partial charge in [0.2, 0.25) is 0 Å². The average Bonchev–Trinajstić information content (AvgIpc) is 3.14. The molecule has 0 atom stereocenters. The molecule has 0 aliphatic carbocycles. The summed E-state index contributed by atoms with van der Waals surface area (Å²) in [5.41, 5.74) is 5.78. The Morgan fingerprint density at radius 1 is 1.07 bits per heavy atom. The lowest BCUT2D eigenvalue weighted by atomic mass is 10.0. The van der Waals surface area contributed by atoms with Crippen LogP contribution in [0.15, 0.2) is 52.7 Å². The van der Waals surface area contributed by atoms with Crippen LogP contribution in [0.3, 0.4) is 0 Å². The lowest BCUT2D eigenvalue weighted by Crippen LogP contribution is -2.45. The van der Waals surface area contributed by atoms with Gasteiger partial charge in [-0.05, 0) is 57.5 Å². The summed E-state index contributed by atoms with van der Waals surface area (Å²) < 4.78 is 11.7. The van der Waals surface area contributed by atoms with Crippen molar-refractivity contribution in [3.05, 3.63) is 47.6 Å². The number of anilines is 2. The number of piperidine rings is 1. The molecule has 0 radical (unpaired) electrons. The molecule has 0 saturated carbocycles. The fraction of sp³-hybridized carbons (Fsp3) is 0.522. The van der Waals surface area contributed by atoms with E-state index in [0.717, 1.165) is 50.5 Å². The fourth-order valence-electron chi connectivity index (χ4n) is 3.92. The summed E-state index contributed by atoms with van der Waals surface area (Å²) >= 11 is 0. The molecule has 2 aliphatic rings. The molecule has 1 aromatic rings. The Bertz CT molecular complexity index is 745. The lowest BCUT2D eigenvalue weighted by Gasteiger charge is -2.38. The molecule has 0 aromatic heterocycles. The lowest BCUT2D eigenvalue weighted by molar-refractivity contribution is -0.169. The van der Waals surface area contributed by atoms with Gasteiger partial charge in [-0.1, -0.05) is 17.7 Å². The van der Waals surface area contributed by atoms with Crippen LogP contribution in [0, 0.1) is 0 Å². The number of ether oxygens (including phenoxy) is 2. The topological polar surface area (TPSA) is 37.3 Å². The van der Waals surface area contributed by atoms with Crippen molar-refractivity contribution in [1.82, 2.24) is 0 Å². The molecule has 0 amide bonds. The maximum Gasteiger partial charge on any atom is 0.171 e. The zero-order valence-electron chi connectivity index (χ0n) is 17.9. The molecule has 28 heavy (non-hydrogen) atoms. The molecule has 1 aromatic carbocycles. The molecule has 5 heteroatoms. The van der Waals surface area contributed by atoms with Gasteiger partial charge in [-0.2, -0.15) is 5.10 Å². The predicted octanol–water partition coefficient (Wildman–Crippen LogP) is 4.75. The molecule has 0 bridgehead atoms. The van der Waals surface area contributed by atoms with Crippen LogP contribution in [-0.2, 0) is 9.47 Å². The number of benzene rings is 1. The van der Waals surface area contributed by atoms with Crippen LogP contribution in [0.25, 0.3) is 0 Å². The highest BCUT2D eigenvalue weighted by molar-refractivity contribution is 6.01. The minimum absolute atomic E-state index is 0.321. The van der Waals surface area contributed by atoms with Gasteiger partial charge in [0.05, 0.1) is 24.6 Å². The summed E-state index contributed by atoms with van der Waals surface area (Å²) in [7, 11) is 2.00. The predicted molar refractivity (Wildman–Crippen MR) is 117 cm³/mol. The van der Waals surface area contributed by atoms with Crippen molar-refractivity contribution < 1.29 is 9.47 Å². The maximum absolute atomic E-state index is 5.83. The Morgan fingerprint density at radius 2 is 1.68 bits per heavy atom. The van der Waals surface area contributed by atoms with E-state index in [1.54, 1.807) is 0 Å². The van der Waals surface area contributed by atoms with Crippen LogP contribution < -0.4 is 9.91 Å². The van der Waals surface area contributed by atoms with E-state index in [4.69, 9.17) is 14.6 Å².